The first kappa shape index (κ1) is 18.9. The quantitative estimate of drug-likeness (QED) is 0.725. The molecule has 0 aromatic heterocycles. The van der Waals surface area contributed by atoms with Gasteiger partial charge in [-0.2, -0.15) is 0 Å². The average molecular weight is 354 g/mol. The minimum Gasteiger partial charge on any atom is -0.383 e. The molecule has 1 aromatic carbocycles. The fraction of sp³-hybridized carbons (Fsp3) is 0.588. The lowest BCUT2D eigenvalue weighted by atomic mass is 10.1. The van der Waals surface area contributed by atoms with Crippen LogP contribution in [0, 0.1) is 0 Å². The van der Waals surface area contributed by atoms with Crippen molar-refractivity contribution in [3.05, 3.63) is 29.8 Å². The van der Waals surface area contributed by atoms with Crippen LogP contribution in [0.2, 0.25) is 0 Å². The summed E-state index contributed by atoms with van der Waals surface area (Å²) >= 11 is 0. The van der Waals surface area contributed by atoms with Gasteiger partial charge >= 0.3 is 0 Å². The molecule has 0 atom stereocenters. The topological polar surface area (TPSA) is 75.7 Å². The van der Waals surface area contributed by atoms with Gasteiger partial charge in [-0.15, -0.1) is 0 Å². The van der Waals surface area contributed by atoms with Crippen LogP contribution in [-0.4, -0.2) is 52.1 Å². The summed E-state index contributed by atoms with van der Waals surface area (Å²) < 4.78 is 31.5. The molecule has 0 spiro atoms. The second-order valence-corrected chi connectivity index (χ2v) is 7.71. The minimum absolute atomic E-state index is 0.0271. The molecule has 1 N–H and O–H groups in total. The Morgan fingerprint density at radius 2 is 1.88 bits per heavy atom. The van der Waals surface area contributed by atoms with E-state index < -0.39 is 10.0 Å². The fourth-order valence-electron chi connectivity index (χ4n) is 3.09. The molecule has 6 nitrogen and oxygen atoms in total. The zero-order valence-corrected chi connectivity index (χ0v) is 15.1. The Kier molecular flexibility index (Phi) is 6.77. The number of sulfonamides is 1. The summed E-state index contributed by atoms with van der Waals surface area (Å²) in [6, 6.07) is 6.44. The molecule has 2 rings (SSSR count). The summed E-state index contributed by atoms with van der Waals surface area (Å²) in [6.07, 6.45) is 4.43. The third kappa shape index (κ3) is 4.55. The highest BCUT2D eigenvalue weighted by Gasteiger charge is 2.26. The minimum atomic E-state index is -3.57. The molecule has 1 saturated carbocycles. The number of hydrogen-bond donors (Lipinski definition) is 1. The van der Waals surface area contributed by atoms with Gasteiger partial charge in [0.05, 0.1) is 11.5 Å². The number of rotatable bonds is 8. The summed E-state index contributed by atoms with van der Waals surface area (Å²) in [7, 11) is -2.06. The smallest absolute Gasteiger partial charge is 0.254 e. The van der Waals surface area contributed by atoms with Crippen LogP contribution in [0.5, 0.6) is 0 Å². The van der Waals surface area contributed by atoms with Gasteiger partial charge in [-0.3, -0.25) is 4.79 Å². The largest absolute Gasteiger partial charge is 0.383 e. The van der Waals surface area contributed by atoms with E-state index in [1.165, 1.54) is 32.1 Å². The molecule has 1 aliphatic rings. The lowest BCUT2D eigenvalue weighted by Crippen LogP contribution is -2.38. The van der Waals surface area contributed by atoms with Crippen LogP contribution >= 0.6 is 0 Å². The van der Waals surface area contributed by atoms with E-state index in [1.807, 2.05) is 11.8 Å². The maximum atomic E-state index is 12.7. The average Bonchev–Trinajstić information content (AvgIpc) is 3.10. The Hall–Kier alpha value is -1.44. The molecule has 24 heavy (non-hydrogen) atoms. The Bertz CT molecular complexity index is 637. The first-order valence-electron chi connectivity index (χ1n) is 8.39. The zero-order valence-electron chi connectivity index (χ0n) is 14.3. The van der Waals surface area contributed by atoms with Gasteiger partial charge in [0.25, 0.3) is 5.91 Å². The van der Waals surface area contributed by atoms with E-state index in [-0.39, 0.29) is 17.3 Å². The molecule has 1 amide bonds. The van der Waals surface area contributed by atoms with Crippen LogP contribution in [0.25, 0.3) is 0 Å². The predicted octanol–water partition coefficient (Wildman–Crippen LogP) is 2.02. The third-order valence-electron chi connectivity index (χ3n) is 4.38. The number of amides is 1. The highest BCUT2D eigenvalue weighted by Crippen LogP contribution is 2.25. The van der Waals surface area contributed by atoms with Gasteiger partial charge in [0.2, 0.25) is 10.0 Å². The molecule has 0 radical (unpaired) electrons. The molecule has 7 heteroatoms. The standard InChI is InChI=1S/C17H26N2O4S/c1-3-19(15-6-4-5-7-15)17(20)14-8-10-16(11-9-14)24(21,22)18-12-13-23-2/h8-11,15,18H,3-7,12-13H2,1-2H3. The Morgan fingerprint density at radius 1 is 1.25 bits per heavy atom. The maximum Gasteiger partial charge on any atom is 0.254 e. The number of ether oxygens (including phenoxy) is 1. The van der Waals surface area contributed by atoms with Crippen molar-refractivity contribution in [3.63, 3.8) is 0 Å². The molecule has 1 aromatic rings. The van der Waals surface area contributed by atoms with Crippen molar-refractivity contribution in [3.8, 4) is 0 Å². The molecular formula is C17H26N2O4S. The third-order valence-corrected chi connectivity index (χ3v) is 5.85. The van der Waals surface area contributed by atoms with Crippen LogP contribution in [-0.2, 0) is 14.8 Å². The van der Waals surface area contributed by atoms with Crippen molar-refractivity contribution in [1.29, 1.82) is 0 Å². The van der Waals surface area contributed by atoms with Gasteiger partial charge < -0.3 is 9.64 Å². The second kappa shape index (κ2) is 8.60. The fourth-order valence-corrected chi connectivity index (χ4v) is 4.10. The normalized spacial score (nSPS) is 15.6. The lowest BCUT2D eigenvalue weighted by Gasteiger charge is -2.27. The van der Waals surface area contributed by atoms with Crippen LogP contribution in [0.4, 0.5) is 0 Å². The number of carbonyl (C=O) groups excluding carboxylic acids is 1. The van der Waals surface area contributed by atoms with Crippen molar-refractivity contribution in [2.24, 2.45) is 0 Å². The highest BCUT2D eigenvalue weighted by molar-refractivity contribution is 7.89. The summed E-state index contributed by atoms with van der Waals surface area (Å²) in [5, 5.41) is 0. The number of carbonyl (C=O) groups is 1. The van der Waals surface area contributed by atoms with Crippen molar-refractivity contribution in [2.75, 3.05) is 26.8 Å². The molecule has 134 valence electrons. The van der Waals surface area contributed by atoms with Gasteiger partial charge in [-0.1, -0.05) is 12.8 Å². The number of methoxy groups -OCH3 is 1. The number of hydrogen-bond acceptors (Lipinski definition) is 4. The molecule has 1 aliphatic carbocycles. The zero-order chi connectivity index (χ0) is 17.6. The van der Waals surface area contributed by atoms with Crippen molar-refractivity contribution in [2.45, 2.75) is 43.5 Å². The van der Waals surface area contributed by atoms with Crippen molar-refractivity contribution in [1.82, 2.24) is 9.62 Å². The van der Waals surface area contributed by atoms with E-state index in [0.29, 0.717) is 24.8 Å². The number of benzene rings is 1. The van der Waals surface area contributed by atoms with E-state index in [1.54, 1.807) is 12.1 Å². The van der Waals surface area contributed by atoms with Crippen LogP contribution in [0.15, 0.2) is 29.2 Å². The first-order chi connectivity index (χ1) is 11.5. The van der Waals surface area contributed by atoms with Gasteiger partial charge in [0.1, 0.15) is 0 Å². The van der Waals surface area contributed by atoms with Crippen LogP contribution < -0.4 is 4.72 Å². The molecule has 1 fully saturated rings. The van der Waals surface area contributed by atoms with E-state index in [9.17, 15) is 13.2 Å². The van der Waals surface area contributed by atoms with Crippen LogP contribution in [0.3, 0.4) is 0 Å². The van der Waals surface area contributed by atoms with Crippen molar-refractivity contribution >= 4 is 15.9 Å². The van der Waals surface area contributed by atoms with Gasteiger partial charge in [-0.25, -0.2) is 13.1 Å². The summed E-state index contributed by atoms with van der Waals surface area (Å²) in [4.78, 5) is 14.7. The molecule has 0 bridgehead atoms. The molecular weight excluding hydrogens is 328 g/mol. The molecule has 0 saturated heterocycles. The van der Waals surface area contributed by atoms with E-state index in [2.05, 4.69) is 4.72 Å². The summed E-state index contributed by atoms with van der Waals surface area (Å²) in [5.74, 6) is -0.0271. The molecule has 0 heterocycles. The predicted molar refractivity (Wildman–Crippen MR) is 92.5 cm³/mol. The summed E-state index contributed by atoms with van der Waals surface area (Å²) in [6.45, 7) is 3.17. The Labute approximate surface area is 144 Å². The van der Waals surface area contributed by atoms with Gasteiger partial charge in [0, 0.05) is 31.8 Å². The van der Waals surface area contributed by atoms with Crippen molar-refractivity contribution < 1.29 is 17.9 Å². The number of nitrogens with zero attached hydrogens (tertiary/aromatic N) is 1. The van der Waals surface area contributed by atoms with Gasteiger partial charge in [-0.05, 0) is 44.0 Å². The SMILES string of the molecule is CCN(C(=O)c1ccc(S(=O)(=O)NCCOC)cc1)C1CCCC1. The lowest BCUT2D eigenvalue weighted by molar-refractivity contribution is 0.0693. The summed E-state index contributed by atoms with van der Waals surface area (Å²) in [5.41, 5.74) is 0.527. The molecule has 0 unspecified atom stereocenters. The molecule has 0 aliphatic heterocycles. The first-order valence-corrected chi connectivity index (χ1v) is 9.87. The maximum absolute atomic E-state index is 12.7. The number of nitrogens with one attached hydrogen (secondary N) is 1. The van der Waals surface area contributed by atoms with E-state index >= 15 is 0 Å². The Morgan fingerprint density at radius 3 is 2.42 bits per heavy atom. The monoisotopic (exact) mass is 354 g/mol. The van der Waals surface area contributed by atoms with Gasteiger partial charge in [0.15, 0.2) is 0 Å². The van der Waals surface area contributed by atoms with Crippen LogP contribution in [0.1, 0.15) is 43.0 Å². The Balaban J connectivity index is 2.09. The van der Waals surface area contributed by atoms with E-state index in [4.69, 9.17) is 4.74 Å². The second-order valence-electron chi connectivity index (χ2n) is 5.94. The highest BCUT2D eigenvalue weighted by atomic mass is 32.2. The van der Waals surface area contributed by atoms with E-state index in [0.717, 1.165) is 12.8 Å².